The summed E-state index contributed by atoms with van der Waals surface area (Å²) in [5.74, 6) is 0.451. The number of rotatable bonds is 3. The fourth-order valence-electron chi connectivity index (χ4n) is 4.42. The van der Waals surface area contributed by atoms with Gasteiger partial charge in [-0.2, -0.15) is 10.2 Å². The summed E-state index contributed by atoms with van der Waals surface area (Å²) < 4.78 is 1.97. The van der Waals surface area contributed by atoms with E-state index in [9.17, 15) is 9.59 Å². The van der Waals surface area contributed by atoms with E-state index in [0.717, 1.165) is 18.7 Å². The number of nitrogens with zero attached hydrogens (tertiary/aromatic N) is 5. The van der Waals surface area contributed by atoms with E-state index in [-0.39, 0.29) is 29.3 Å². The van der Waals surface area contributed by atoms with Crippen molar-refractivity contribution in [2.45, 2.75) is 18.4 Å². The Morgan fingerprint density at radius 1 is 1.23 bits per heavy atom. The predicted molar refractivity (Wildman–Crippen MR) is 97.1 cm³/mol. The fourth-order valence-corrected chi connectivity index (χ4v) is 4.42. The molecule has 2 aliphatic heterocycles. The topological polar surface area (TPSA) is 71.3 Å². The van der Waals surface area contributed by atoms with Gasteiger partial charge in [0.05, 0.1) is 24.0 Å². The summed E-state index contributed by atoms with van der Waals surface area (Å²) in [5.41, 5.74) is 1.67. The van der Waals surface area contributed by atoms with Crippen LogP contribution >= 0.6 is 0 Å². The molecule has 4 rings (SSSR count). The second-order valence-electron chi connectivity index (χ2n) is 7.52. The van der Waals surface area contributed by atoms with Crippen LogP contribution in [0.2, 0.25) is 0 Å². The highest BCUT2D eigenvalue weighted by Gasteiger charge is 2.41. The van der Waals surface area contributed by atoms with E-state index in [1.54, 1.807) is 18.3 Å². The van der Waals surface area contributed by atoms with E-state index >= 15 is 0 Å². The SMILES string of the molecule is CN(C)C[C@H]1[C@H]2C[C@H](CN(C(=O)c3ccnnc3)C2)c2cccc(=O)n21. The molecule has 1 saturated heterocycles. The standard InChI is InChI=1S/C19H23N5O2/c1-22(2)12-17-15-8-14(16-4-3-5-18(25)24(16)17)10-23(11-15)19(26)13-6-7-20-21-9-13/h3-7,9,14-15,17H,8,10-12H2,1-2H3/t14-,15+,17+/m1/s1. The van der Waals surface area contributed by atoms with Crippen LogP contribution in [-0.4, -0.2) is 64.2 Å². The number of pyridine rings is 1. The fraction of sp³-hybridized carbons (Fsp3) is 0.474. The first-order valence-electron chi connectivity index (χ1n) is 8.96. The highest BCUT2D eigenvalue weighted by Crippen LogP contribution is 2.41. The van der Waals surface area contributed by atoms with Gasteiger partial charge >= 0.3 is 0 Å². The summed E-state index contributed by atoms with van der Waals surface area (Å²) in [6.45, 7) is 2.08. The molecular formula is C19H23N5O2. The lowest BCUT2D eigenvalue weighted by atomic mass is 9.78. The second kappa shape index (κ2) is 6.64. The molecule has 2 aliphatic rings. The zero-order chi connectivity index (χ0) is 18.3. The minimum atomic E-state index is -0.00932. The molecule has 0 aromatic carbocycles. The Balaban J connectivity index is 1.70. The van der Waals surface area contributed by atoms with Gasteiger partial charge in [-0.05, 0) is 38.6 Å². The van der Waals surface area contributed by atoms with E-state index in [0.29, 0.717) is 18.7 Å². The van der Waals surface area contributed by atoms with Crippen LogP contribution in [-0.2, 0) is 0 Å². The third-order valence-electron chi connectivity index (χ3n) is 5.47. The van der Waals surface area contributed by atoms with Crippen LogP contribution < -0.4 is 5.56 Å². The van der Waals surface area contributed by atoms with Crippen molar-refractivity contribution in [3.8, 4) is 0 Å². The molecule has 0 N–H and O–H groups in total. The summed E-state index contributed by atoms with van der Waals surface area (Å²) in [6, 6.07) is 7.28. The summed E-state index contributed by atoms with van der Waals surface area (Å²) in [7, 11) is 4.04. The number of fused-ring (bicyclic) bond motifs is 4. The molecule has 7 nitrogen and oxygen atoms in total. The average molecular weight is 353 g/mol. The van der Waals surface area contributed by atoms with E-state index in [2.05, 4.69) is 15.1 Å². The first-order chi connectivity index (χ1) is 12.5. The normalized spacial score (nSPS) is 24.4. The summed E-state index contributed by atoms with van der Waals surface area (Å²) >= 11 is 0. The van der Waals surface area contributed by atoms with Gasteiger partial charge in [-0.15, -0.1) is 0 Å². The maximum Gasteiger partial charge on any atom is 0.255 e. The number of carbonyl (C=O) groups is 1. The molecule has 26 heavy (non-hydrogen) atoms. The van der Waals surface area contributed by atoms with Crippen molar-refractivity contribution < 1.29 is 4.79 Å². The van der Waals surface area contributed by atoms with Gasteiger partial charge < -0.3 is 14.4 Å². The summed E-state index contributed by atoms with van der Waals surface area (Å²) in [4.78, 5) is 29.5. The second-order valence-corrected chi connectivity index (χ2v) is 7.52. The lowest BCUT2D eigenvalue weighted by Gasteiger charge is -2.47. The molecule has 2 bridgehead atoms. The van der Waals surface area contributed by atoms with Crippen LogP contribution in [0, 0.1) is 5.92 Å². The highest BCUT2D eigenvalue weighted by atomic mass is 16.2. The maximum absolute atomic E-state index is 12.9. The number of amides is 1. The van der Waals surface area contributed by atoms with Crippen molar-refractivity contribution in [3.63, 3.8) is 0 Å². The first-order valence-corrected chi connectivity index (χ1v) is 8.96. The quantitative estimate of drug-likeness (QED) is 0.823. The van der Waals surface area contributed by atoms with Gasteiger partial charge in [-0.3, -0.25) is 9.59 Å². The van der Waals surface area contributed by atoms with E-state index in [1.165, 1.54) is 6.20 Å². The van der Waals surface area contributed by atoms with Gasteiger partial charge in [-0.1, -0.05) is 6.07 Å². The van der Waals surface area contributed by atoms with Gasteiger partial charge in [-0.25, -0.2) is 0 Å². The van der Waals surface area contributed by atoms with Crippen LogP contribution in [0.4, 0.5) is 0 Å². The molecule has 0 radical (unpaired) electrons. The lowest BCUT2D eigenvalue weighted by molar-refractivity contribution is 0.0498. The molecule has 4 heterocycles. The lowest BCUT2D eigenvalue weighted by Crippen LogP contribution is -2.52. The van der Waals surface area contributed by atoms with Crippen molar-refractivity contribution in [2.75, 3.05) is 33.7 Å². The molecule has 7 heteroatoms. The molecule has 3 atom stereocenters. The van der Waals surface area contributed by atoms with E-state index < -0.39 is 0 Å². The average Bonchev–Trinajstić information content (AvgIpc) is 2.65. The van der Waals surface area contributed by atoms with Crippen molar-refractivity contribution in [3.05, 3.63) is 58.3 Å². The number of likely N-dealkylation sites (N-methyl/N-ethyl adjacent to an activating group) is 1. The van der Waals surface area contributed by atoms with E-state index in [4.69, 9.17) is 0 Å². The van der Waals surface area contributed by atoms with Crippen LogP contribution in [0.3, 0.4) is 0 Å². The van der Waals surface area contributed by atoms with Gasteiger partial charge in [0.2, 0.25) is 0 Å². The molecule has 0 saturated carbocycles. The summed E-state index contributed by atoms with van der Waals surface area (Å²) in [6.07, 6.45) is 4.07. The molecule has 2 aromatic heterocycles. The minimum absolute atomic E-state index is 0.00932. The molecular weight excluding hydrogens is 330 g/mol. The zero-order valence-electron chi connectivity index (χ0n) is 15.1. The highest BCUT2D eigenvalue weighted by molar-refractivity contribution is 5.93. The largest absolute Gasteiger partial charge is 0.338 e. The monoisotopic (exact) mass is 353 g/mol. The Labute approximate surface area is 152 Å². The Kier molecular flexibility index (Phi) is 4.32. The van der Waals surface area contributed by atoms with Crippen LogP contribution in [0.15, 0.2) is 41.5 Å². The molecule has 0 aliphatic carbocycles. The molecule has 1 amide bonds. The molecule has 1 fully saturated rings. The van der Waals surface area contributed by atoms with Crippen LogP contribution in [0.25, 0.3) is 0 Å². The van der Waals surface area contributed by atoms with Crippen molar-refractivity contribution in [1.29, 1.82) is 0 Å². The number of hydrogen-bond donors (Lipinski definition) is 0. The number of hydrogen-bond acceptors (Lipinski definition) is 5. The van der Waals surface area contributed by atoms with Gasteiger partial charge in [0.15, 0.2) is 0 Å². The Hall–Kier alpha value is -2.54. The molecule has 136 valence electrons. The third kappa shape index (κ3) is 2.92. The number of likely N-dealkylation sites (tertiary alicyclic amines) is 1. The third-order valence-corrected chi connectivity index (χ3v) is 5.47. The van der Waals surface area contributed by atoms with Crippen molar-refractivity contribution in [2.24, 2.45) is 5.92 Å². The first kappa shape index (κ1) is 16.9. The van der Waals surface area contributed by atoms with Crippen molar-refractivity contribution in [1.82, 2.24) is 24.6 Å². The van der Waals surface area contributed by atoms with E-state index in [1.807, 2.05) is 35.7 Å². The number of carbonyl (C=O) groups excluding carboxylic acids is 1. The molecule has 0 unspecified atom stereocenters. The number of aromatic nitrogens is 3. The summed E-state index contributed by atoms with van der Waals surface area (Å²) in [5, 5.41) is 7.58. The van der Waals surface area contributed by atoms with Crippen molar-refractivity contribution >= 4 is 5.91 Å². The van der Waals surface area contributed by atoms with Gasteiger partial charge in [0, 0.05) is 37.3 Å². The van der Waals surface area contributed by atoms with Crippen LogP contribution in [0.1, 0.15) is 34.4 Å². The Morgan fingerprint density at radius 3 is 2.81 bits per heavy atom. The predicted octanol–water partition coefficient (Wildman–Crippen LogP) is 1.00. The van der Waals surface area contributed by atoms with Gasteiger partial charge in [0.1, 0.15) is 0 Å². The molecule has 0 spiro atoms. The maximum atomic E-state index is 12.9. The van der Waals surface area contributed by atoms with Gasteiger partial charge in [0.25, 0.3) is 11.5 Å². The smallest absolute Gasteiger partial charge is 0.255 e. The zero-order valence-corrected chi connectivity index (χ0v) is 15.1. The molecule has 2 aromatic rings. The number of piperidine rings is 1. The Bertz CT molecular complexity index is 864. The minimum Gasteiger partial charge on any atom is -0.338 e. The van der Waals surface area contributed by atoms with Crippen LogP contribution in [0.5, 0.6) is 0 Å². The Morgan fingerprint density at radius 2 is 2.08 bits per heavy atom.